The van der Waals surface area contributed by atoms with Crippen LogP contribution in [0.5, 0.6) is 11.5 Å². The summed E-state index contributed by atoms with van der Waals surface area (Å²) in [4.78, 5) is 16.6. The van der Waals surface area contributed by atoms with Gasteiger partial charge in [-0.1, -0.05) is 6.07 Å². The second-order valence-electron chi connectivity index (χ2n) is 5.21. The van der Waals surface area contributed by atoms with Crippen LogP contribution in [-0.2, 0) is 4.79 Å². The molecule has 0 aromatic heterocycles. The van der Waals surface area contributed by atoms with Crippen molar-refractivity contribution in [1.82, 2.24) is 10.6 Å². The van der Waals surface area contributed by atoms with E-state index in [9.17, 15) is 4.79 Å². The summed E-state index contributed by atoms with van der Waals surface area (Å²) in [5.41, 5.74) is 3.43. The summed E-state index contributed by atoms with van der Waals surface area (Å²) in [6, 6.07) is 5.55. The molecule has 4 rings (SSSR count). The van der Waals surface area contributed by atoms with Crippen LogP contribution in [0.2, 0.25) is 0 Å². The van der Waals surface area contributed by atoms with Crippen LogP contribution in [0.4, 0.5) is 0 Å². The summed E-state index contributed by atoms with van der Waals surface area (Å²) >= 11 is 0. The van der Waals surface area contributed by atoms with Crippen molar-refractivity contribution in [3.63, 3.8) is 0 Å². The van der Waals surface area contributed by atoms with Crippen molar-refractivity contribution in [3.8, 4) is 11.5 Å². The number of benzene rings is 1. The van der Waals surface area contributed by atoms with Crippen LogP contribution in [0, 0.1) is 0 Å². The highest BCUT2D eigenvalue weighted by Gasteiger charge is 2.37. The lowest BCUT2D eigenvalue weighted by Crippen LogP contribution is -2.22. The molecule has 1 aromatic rings. The molecule has 0 saturated carbocycles. The number of nitrogens with zero attached hydrogens (tertiary/aromatic N) is 1. The van der Waals surface area contributed by atoms with Gasteiger partial charge in [-0.2, -0.15) is 0 Å². The molecule has 1 atom stereocenters. The van der Waals surface area contributed by atoms with E-state index in [2.05, 4.69) is 15.6 Å². The second-order valence-corrected chi connectivity index (χ2v) is 5.21. The topological polar surface area (TPSA) is 72.0 Å². The fourth-order valence-corrected chi connectivity index (χ4v) is 2.93. The van der Waals surface area contributed by atoms with E-state index >= 15 is 0 Å². The van der Waals surface area contributed by atoms with Crippen molar-refractivity contribution in [3.05, 3.63) is 35.0 Å². The van der Waals surface area contributed by atoms with Gasteiger partial charge in [0.25, 0.3) is 5.91 Å². The molecule has 21 heavy (non-hydrogen) atoms. The number of hydrogen-bond donors (Lipinski definition) is 2. The number of hydrogen-bond acceptors (Lipinski definition) is 5. The highest BCUT2D eigenvalue weighted by molar-refractivity contribution is 6.48. The zero-order valence-corrected chi connectivity index (χ0v) is 11.6. The number of carbonyl (C=O) groups is 1. The van der Waals surface area contributed by atoms with Gasteiger partial charge in [-0.25, -0.2) is 0 Å². The molecule has 0 aliphatic carbocycles. The Labute approximate surface area is 121 Å². The molecular weight excluding hydrogens is 270 g/mol. The van der Waals surface area contributed by atoms with Crippen molar-refractivity contribution in [1.29, 1.82) is 0 Å². The lowest BCUT2D eigenvalue weighted by atomic mass is 9.97. The molecule has 3 aliphatic heterocycles. The first-order valence-corrected chi connectivity index (χ1v) is 6.94. The third-order valence-corrected chi connectivity index (χ3v) is 3.94. The van der Waals surface area contributed by atoms with Crippen molar-refractivity contribution < 1.29 is 14.3 Å². The molecule has 0 radical (unpaired) electrons. The highest BCUT2D eigenvalue weighted by Crippen LogP contribution is 2.38. The molecule has 1 saturated heterocycles. The smallest absolute Gasteiger partial charge is 0.270 e. The molecule has 1 fully saturated rings. The first kappa shape index (κ1) is 12.3. The quantitative estimate of drug-likeness (QED) is 0.804. The fourth-order valence-electron chi connectivity index (χ4n) is 2.93. The van der Waals surface area contributed by atoms with Gasteiger partial charge >= 0.3 is 0 Å². The summed E-state index contributed by atoms with van der Waals surface area (Å²) in [5, 5.41) is 6.30. The zero-order valence-electron chi connectivity index (χ0n) is 11.6. The van der Waals surface area contributed by atoms with Crippen LogP contribution < -0.4 is 20.1 Å². The summed E-state index contributed by atoms with van der Waals surface area (Å²) in [6.07, 6.45) is 0. The van der Waals surface area contributed by atoms with Crippen LogP contribution in [-0.4, -0.2) is 31.5 Å². The Bertz CT molecular complexity index is 693. The Kier molecular flexibility index (Phi) is 2.63. The lowest BCUT2D eigenvalue weighted by molar-refractivity contribution is -0.114. The Morgan fingerprint density at radius 2 is 2.14 bits per heavy atom. The van der Waals surface area contributed by atoms with E-state index in [-0.39, 0.29) is 18.7 Å². The summed E-state index contributed by atoms with van der Waals surface area (Å²) in [6.45, 7) is 3.58. The van der Waals surface area contributed by atoms with Gasteiger partial charge in [-0.05, 0) is 24.6 Å². The Morgan fingerprint density at radius 1 is 1.29 bits per heavy atom. The first-order valence-electron chi connectivity index (χ1n) is 6.94. The summed E-state index contributed by atoms with van der Waals surface area (Å²) < 4.78 is 10.7. The minimum absolute atomic E-state index is 0.115. The van der Waals surface area contributed by atoms with E-state index in [1.807, 2.05) is 25.1 Å². The van der Waals surface area contributed by atoms with Crippen LogP contribution in [0.15, 0.2) is 34.5 Å². The third-order valence-electron chi connectivity index (χ3n) is 3.94. The summed E-state index contributed by atoms with van der Waals surface area (Å²) in [7, 11) is 0. The predicted molar refractivity (Wildman–Crippen MR) is 76.5 cm³/mol. The van der Waals surface area contributed by atoms with Crippen LogP contribution in [0.25, 0.3) is 0 Å². The molecule has 2 N–H and O–H groups in total. The molecule has 108 valence electrons. The summed E-state index contributed by atoms with van der Waals surface area (Å²) in [5.74, 6) is 1.34. The molecule has 0 bridgehead atoms. The van der Waals surface area contributed by atoms with Crippen molar-refractivity contribution >= 4 is 11.6 Å². The van der Waals surface area contributed by atoms with Crippen LogP contribution in [0.3, 0.4) is 0 Å². The van der Waals surface area contributed by atoms with E-state index in [1.165, 1.54) is 0 Å². The number of nitrogens with one attached hydrogen (secondary N) is 2. The van der Waals surface area contributed by atoms with Crippen molar-refractivity contribution in [2.24, 2.45) is 4.99 Å². The minimum atomic E-state index is -0.198. The average Bonchev–Trinajstić information content (AvgIpc) is 3.01. The van der Waals surface area contributed by atoms with Crippen molar-refractivity contribution in [2.75, 3.05) is 19.9 Å². The molecule has 3 aliphatic rings. The number of allylic oxidation sites excluding steroid dienone is 1. The number of amides is 1. The van der Waals surface area contributed by atoms with Gasteiger partial charge in [0.15, 0.2) is 11.5 Å². The van der Waals surface area contributed by atoms with Gasteiger partial charge in [0, 0.05) is 17.8 Å². The molecule has 6 nitrogen and oxygen atoms in total. The van der Waals surface area contributed by atoms with E-state index in [0.29, 0.717) is 18.0 Å². The minimum Gasteiger partial charge on any atom is -0.454 e. The van der Waals surface area contributed by atoms with E-state index in [4.69, 9.17) is 9.47 Å². The van der Waals surface area contributed by atoms with Crippen LogP contribution in [0.1, 0.15) is 18.5 Å². The van der Waals surface area contributed by atoms with E-state index in [0.717, 1.165) is 29.1 Å². The normalized spacial score (nSPS) is 23.2. The SMILES string of the molecule is CC1=C2C(=NCCN1)C(=O)NC2c1ccc2c(c1)OCO2. The maximum atomic E-state index is 12.2. The van der Waals surface area contributed by atoms with Gasteiger partial charge in [-0.15, -0.1) is 0 Å². The number of ether oxygens (including phenoxy) is 2. The van der Waals surface area contributed by atoms with Gasteiger partial charge in [0.1, 0.15) is 5.71 Å². The van der Waals surface area contributed by atoms with E-state index in [1.54, 1.807) is 0 Å². The Hall–Kier alpha value is -2.50. The molecule has 1 aromatic carbocycles. The third kappa shape index (κ3) is 1.86. The van der Waals surface area contributed by atoms with E-state index < -0.39 is 0 Å². The molecule has 6 heteroatoms. The maximum Gasteiger partial charge on any atom is 0.270 e. The van der Waals surface area contributed by atoms with Crippen molar-refractivity contribution in [2.45, 2.75) is 13.0 Å². The molecule has 0 spiro atoms. The highest BCUT2D eigenvalue weighted by atomic mass is 16.7. The monoisotopic (exact) mass is 285 g/mol. The first-order chi connectivity index (χ1) is 10.2. The van der Waals surface area contributed by atoms with Gasteiger partial charge in [0.2, 0.25) is 6.79 Å². The number of aliphatic imine (C=N–C) groups is 1. The molecule has 1 amide bonds. The Balaban J connectivity index is 1.80. The predicted octanol–water partition coefficient (Wildman–Crippen LogP) is 0.904. The number of carbonyl (C=O) groups excluding carboxylic acids is 1. The maximum absolute atomic E-state index is 12.2. The molecule has 1 unspecified atom stereocenters. The molecular formula is C15H15N3O3. The lowest BCUT2D eigenvalue weighted by Gasteiger charge is -2.15. The van der Waals surface area contributed by atoms with Gasteiger partial charge in [0.05, 0.1) is 12.6 Å². The van der Waals surface area contributed by atoms with Crippen LogP contribution >= 0.6 is 0 Å². The largest absolute Gasteiger partial charge is 0.454 e. The number of fused-ring (bicyclic) bond motifs is 2. The van der Waals surface area contributed by atoms with Gasteiger partial charge < -0.3 is 20.1 Å². The standard InChI is InChI=1S/C15H15N3O3/c1-8-12-13(18-15(19)14(12)17-5-4-16-8)9-2-3-10-11(6-9)21-7-20-10/h2-3,6,13,16H,4-5,7H2,1H3,(H,18,19). The fraction of sp³-hybridized carbons (Fsp3) is 0.333. The second kappa shape index (κ2) is 4.51. The Morgan fingerprint density at radius 3 is 3.05 bits per heavy atom. The average molecular weight is 285 g/mol. The zero-order chi connectivity index (χ0) is 14.4. The van der Waals surface area contributed by atoms with Gasteiger partial charge in [-0.3, -0.25) is 9.79 Å². The molecule has 3 heterocycles. The number of rotatable bonds is 1.